The highest BCUT2D eigenvalue weighted by Gasteiger charge is 2.66. The number of aromatic nitrogens is 3. The molecule has 0 radical (unpaired) electrons. The number of amides is 2. The second-order valence-corrected chi connectivity index (χ2v) is 9.35. The summed E-state index contributed by atoms with van der Waals surface area (Å²) in [5, 5.41) is 20.6. The number of carbonyl (C=O) groups is 3. The molecule has 2 amide bonds. The molecular weight excluding hydrogens is 510 g/mol. The van der Waals surface area contributed by atoms with Crippen LogP contribution in [0, 0.1) is 0 Å². The van der Waals surface area contributed by atoms with Crippen molar-refractivity contribution in [3.8, 4) is 0 Å². The molecule has 0 aliphatic carbocycles. The second kappa shape index (κ2) is 9.24. The standard InChI is InChI=1S/C29H23N7O4/c30-25(39)28(20-8-2-1-3-9-20,26(40)34-27-31-12-13-32-27)29(23-15-17-6-4-5-7-19(17)16-33-23)35-21-11-10-18(24(37)38)14-22(21)36-29/h1-16,35-36H,(H2,30,39)(H,37,38)(H2,31,32,34,40). The molecular formula is C29H23N7O4. The van der Waals surface area contributed by atoms with E-state index in [0.29, 0.717) is 11.4 Å². The monoisotopic (exact) mass is 533 g/mol. The fraction of sp³-hybridized carbons (Fsp3) is 0.0690. The van der Waals surface area contributed by atoms with Gasteiger partial charge in [-0.05, 0) is 35.2 Å². The van der Waals surface area contributed by atoms with E-state index in [1.54, 1.807) is 48.7 Å². The van der Waals surface area contributed by atoms with E-state index < -0.39 is 28.9 Å². The number of fused-ring (bicyclic) bond motifs is 2. The Bertz CT molecular complexity index is 1770. The first-order chi connectivity index (χ1) is 19.3. The van der Waals surface area contributed by atoms with Crippen molar-refractivity contribution < 1.29 is 19.5 Å². The quantitative estimate of drug-likeness (QED) is 0.173. The molecule has 198 valence electrons. The number of nitrogens with one attached hydrogen (secondary N) is 4. The van der Waals surface area contributed by atoms with E-state index in [0.717, 1.165) is 10.8 Å². The van der Waals surface area contributed by atoms with Crippen LogP contribution in [0.4, 0.5) is 17.3 Å². The van der Waals surface area contributed by atoms with Crippen LogP contribution in [-0.4, -0.2) is 37.8 Å². The van der Waals surface area contributed by atoms with Gasteiger partial charge in [-0.3, -0.25) is 19.9 Å². The van der Waals surface area contributed by atoms with E-state index in [9.17, 15) is 19.5 Å². The highest BCUT2D eigenvalue weighted by atomic mass is 16.4. The van der Waals surface area contributed by atoms with Crippen LogP contribution in [0.25, 0.3) is 10.8 Å². The number of H-pyrrole nitrogens is 1. The predicted octanol–water partition coefficient (Wildman–Crippen LogP) is 3.41. The number of anilines is 3. The van der Waals surface area contributed by atoms with Crippen molar-refractivity contribution in [3.05, 3.63) is 114 Å². The van der Waals surface area contributed by atoms with Gasteiger partial charge in [-0.2, -0.15) is 0 Å². The first-order valence-corrected chi connectivity index (χ1v) is 12.3. The van der Waals surface area contributed by atoms with E-state index in [2.05, 4.69) is 25.9 Å². The molecule has 0 saturated heterocycles. The molecule has 11 heteroatoms. The summed E-state index contributed by atoms with van der Waals surface area (Å²) in [4.78, 5) is 51.7. The van der Waals surface area contributed by atoms with Gasteiger partial charge in [-0.1, -0.05) is 54.6 Å². The lowest BCUT2D eigenvalue weighted by atomic mass is 9.66. The normalized spacial score (nSPS) is 17.2. The molecule has 6 rings (SSSR count). The molecule has 2 aromatic heterocycles. The summed E-state index contributed by atoms with van der Waals surface area (Å²) >= 11 is 0. The number of carbonyl (C=O) groups excluding carboxylic acids is 2. The number of carboxylic acids is 1. The van der Waals surface area contributed by atoms with Crippen LogP contribution in [0.15, 0.2) is 97.5 Å². The zero-order valence-corrected chi connectivity index (χ0v) is 20.9. The van der Waals surface area contributed by atoms with Crippen molar-refractivity contribution in [2.75, 3.05) is 16.0 Å². The number of primary amides is 1. The SMILES string of the molecule is NC(=O)C(C(=O)Nc1ncc[nH]1)(c1ccccc1)C1(c2cc3ccccc3cn2)Nc2ccc(C(=O)O)cc2N1. The molecule has 3 heterocycles. The average Bonchev–Trinajstić information content (AvgIpc) is 3.61. The average molecular weight is 534 g/mol. The van der Waals surface area contributed by atoms with Crippen molar-refractivity contribution in [1.29, 1.82) is 0 Å². The van der Waals surface area contributed by atoms with Gasteiger partial charge in [0.2, 0.25) is 11.9 Å². The Labute approximate surface area is 227 Å². The van der Waals surface area contributed by atoms with Gasteiger partial charge in [0.15, 0.2) is 11.1 Å². The topological polar surface area (TPSA) is 175 Å². The highest BCUT2D eigenvalue weighted by Crippen LogP contribution is 2.51. The number of imidazole rings is 1. The fourth-order valence-corrected chi connectivity index (χ4v) is 5.30. The molecule has 2 atom stereocenters. The van der Waals surface area contributed by atoms with Crippen LogP contribution in [-0.2, 0) is 20.7 Å². The molecule has 1 aliphatic heterocycles. The molecule has 1 aliphatic rings. The summed E-state index contributed by atoms with van der Waals surface area (Å²) in [6, 6.07) is 22.1. The van der Waals surface area contributed by atoms with Gasteiger partial charge in [0.1, 0.15) is 0 Å². The number of aromatic amines is 1. The molecule has 3 aromatic carbocycles. The minimum Gasteiger partial charge on any atom is -0.478 e. The van der Waals surface area contributed by atoms with Crippen molar-refractivity contribution in [1.82, 2.24) is 15.0 Å². The van der Waals surface area contributed by atoms with Crippen molar-refractivity contribution in [2.24, 2.45) is 5.73 Å². The lowest BCUT2D eigenvalue weighted by Gasteiger charge is -2.45. The van der Waals surface area contributed by atoms with Crippen molar-refractivity contribution in [3.63, 3.8) is 0 Å². The molecule has 7 N–H and O–H groups in total. The number of rotatable bonds is 7. The zero-order valence-electron chi connectivity index (χ0n) is 20.9. The van der Waals surface area contributed by atoms with E-state index in [-0.39, 0.29) is 22.8 Å². The molecule has 0 bridgehead atoms. The van der Waals surface area contributed by atoms with Crippen molar-refractivity contribution >= 4 is 45.9 Å². The maximum atomic E-state index is 14.5. The van der Waals surface area contributed by atoms with E-state index in [1.807, 2.05) is 24.3 Å². The summed E-state index contributed by atoms with van der Waals surface area (Å²) < 4.78 is 0. The smallest absolute Gasteiger partial charge is 0.335 e. The van der Waals surface area contributed by atoms with Crippen molar-refractivity contribution in [2.45, 2.75) is 11.1 Å². The number of nitrogens with two attached hydrogens (primary N) is 1. The molecule has 5 aromatic rings. The van der Waals surface area contributed by atoms with E-state index in [4.69, 9.17) is 10.7 Å². The van der Waals surface area contributed by atoms with Crippen LogP contribution < -0.4 is 21.7 Å². The Hall–Kier alpha value is -5.71. The Kier molecular flexibility index (Phi) is 5.69. The summed E-state index contributed by atoms with van der Waals surface area (Å²) in [7, 11) is 0. The maximum absolute atomic E-state index is 14.5. The largest absolute Gasteiger partial charge is 0.478 e. The Balaban J connectivity index is 1.67. The minimum absolute atomic E-state index is 0.0137. The van der Waals surface area contributed by atoms with Gasteiger partial charge in [0.05, 0.1) is 22.6 Å². The molecule has 2 unspecified atom stereocenters. The first kappa shape index (κ1) is 24.6. The zero-order chi connectivity index (χ0) is 27.9. The summed E-state index contributed by atoms with van der Waals surface area (Å²) in [6.07, 6.45) is 4.63. The third-order valence-corrected chi connectivity index (χ3v) is 7.14. The van der Waals surface area contributed by atoms with E-state index in [1.165, 1.54) is 24.5 Å². The maximum Gasteiger partial charge on any atom is 0.335 e. The summed E-state index contributed by atoms with van der Waals surface area (Å²) in [5.74, 6) is -2.80. The number of hydrogen-bond donors (Lipinski definition) is 6. The van der Waals surface area contributed by atoms with Crippen LogP contribution in [0.3, 0.4) is 0 Å². The third kappa shape index (κ3) is 3.63. The fourth-order valence-electron chi connectivity index (χ4n) is 5.30. The molecule has 40 heavy (non-hydrogen) atoms. The van der Waals surface area contributed by atoms with Gasteiger partial charge in [0, 0.05) is 24.0 Å². The number of benzene rings is 3. The molecule has 0 fully saturated rings. The van der Waals surface area contributed by atoms with Gasteiger partial charge in [-0.25, -0.2) is 9.78 Å². The van der Waals surface area contributed by atoms with Crippen LogP contribution >= 0.6 is 0 Å². The predicted molar refractivity (Wildman–Crippen MR) is 149 cm³/mol. The Morgan fingerprint density at radius 2 is 1.60 bits per heavy atom. The molecule has 11 nitrogen and oxygen atoms in total. The molecule has 0 spiro atoms. The summed E-state index contributed by atoms with van der Waals surface area (Å²) in [5.41, 5.74) is 3.60. The minimum atomic E-state index is -2.18. The van der Waals surface area contributed by atoms with Gasteiger partial charge >= 0.3 is 5.97 Å². The van der Waals surface area contributed by atoms with E-state index >= 15 is 0 Å². The van der Waals surface area contributed by atoms with Crippen LogP contribution in [0.1, 0.15) is 21.6 Å². The summed E-state index contributed by atoms with van der Waals surface area (Å²) in [6.45, 7) is 0. The number of aromatic carboxylic acids is 1. The Morgan fingerprint density at radius 3 is 2.30 bits per heavy atom. The van der Waals surface area contributed by atoms with Crippen LogP contribution in [0.5, 0.6) is 0 Å². The first-order valence-electron chi connectivity index (χ1n) is 12.3. The Morgan fingerprint density at radius 1 is 0.875 bits per heavy atom. The van der Waals surface area contributed by atoms with Gasteiger partial charge in [-0.15, -0.1) is 0 Å². The lowest BCUT2D eigenvalue weighted by molar-refractivity contribution is -0.135. The number of pyridine rings is 1. The van der Waals surface area contributed by atoms with Crippen LogP contribution in [0.2, 0.25) is 0 Å². The highest BCUT2D eigenvalue weighted by molar-refractivity contribution is 6.18. The number of carboxylic acid groups (broad SMARTS) is 1. The molecule has 0 saturated carbocycles. The van der Waals surface area contributed by atoms with Gasteiger partial charge < -0.3 is 26.5 Å². The number of nitrogens with zero attached hydrogens (tertiary/aromatic N) is 2. The lowest BCUT2D eigenvalue weighted by Crippen LogP contribution is -2.68. The number of hydrogen-bond acceptors (Lipinski definition) is 7. The van der Waals surface area contributed by atoms with Gasteiger partial charge in [0.25, 0.3) is 5.91 Å². The second-order valence-electron chi connectivity index (χ2n) is 9.35. The third-order valence-electron chi connectivity index (χ3n) is 7.14.